The first-order valence-electron chi connectivity index (χ1n) is 20.5. The van der Waals surface area contributed by atoms with Crippen LogP contribution in [0.15, 0.2) is 241 Å². The lowest BCUT2D eigenvalue weighted by molar-refractivity contribution is 0.670. The van der Waals surface area contributed by atoms with Crippen molar-refractivity contribution in [2.24, 2.45) is 0 Å². The minimum absolute atomic E-state index is 0.904. The molecule has 0 amide bonds. The predicted molar refractivity (Wildman–Crippen MR) is 253 cm³/mol. The second-order valence-corrected chi connectivity index (χ2v) is 15.3. The molecule has 0 radical (unpaired) electrons. The van der Waals surface area contributed by atoms with Gasteiger partial charge < -0.3 is 9.32 Å². The van der Waals surface area contributed by atoms with Gasteiger partial charge in [0.05, 0.1) is 0 Å². The average Bonchev–Trinajstić information content (AvgIpc) is 3.72. The first-order chi connectivity index (χ1) is 29.7. The molecule has 0 aliphatic carbocycles. The van der Waals surface area contributed by atoms with Gasteiger partial charge in [0.15, 0.2) is 0 Å². The van der Waals surface area contributed by atoms with Crippen molar-refractivity contribution in [1.29, 1.82) is 0 Å². The Hall–Kier alpha value is -7.94. The van der Waals surface area contributed by atoms with Crippen LogP contribution in [0.5, 0.6) is 0 Å². The number of hydrogen-bond acceptors (Lipinski definition) is 2. The molecule has 1 aromatic heterocycles. The van der Waals surface area contributed by atoms with E-state index in [0.717, 1.165) is 55.7 Å². The Morgan fingerprint density at radius 1 is 0.267 bits per heavy atom. The quantitative estimate of drug-likeness (QED) is 0.153. The summed E-state index contributed by atoms with van der Waals surface area (Å²) in [6.07, 6.45) is 0. The van der Waals surface area contributed by atoms with Gasteiger partial charge in [0.1, 0.15) is 11.2 Å². The molecule has 2 nitrogen and oxygen atoms in total. The van der Waals surface area contributed by atoms with E-state index < -0.39 is 0 Å². The summed E-state index contributed by atoms with van der Waals surface area (Å²) in [5, 5.41) is 4.75. The van der Waals surface area contributed by atoms with Gasteiger partial charge in [-0.05, 0) is 128 Å². The largest absolute Gasteiger partial charge is 0.455 e. The number of anilines is 3. The molecular formula is C58H39NO. The fourth-order valence-electron chi connectivity index (χ4n) is 8.58. The van der Waals surface area contributed by atoms with Gasteiger partial charge in [0, 0.05) is 33.4 Å². The van der Waals surface area contributed by atoms with Crippen LogP contribution in [0.3, 0.4) is 0 Å². The standard InChI is InChI=1S/C58H39NO/c1-3-12-40(13-4-1)48-37-49(41-14-5-2-6-15-41)39-50(38-48)44-26-32-52(33-27-44)59(51-30-24-43(25-31-51)47-23-22-42-16-7-8-17-46(42)36-47)53-34-28-45(29-35-53)54-19-11-20-56-55-18-9-10-21-57(55)60-58(54)56/h1-39H. The fraction of sp³-hybridized carbons (Fsp3) is 0. The maximum atomic E-state index is 6.43. The third kappa shape index (κ3) is 6.61. The molecule has 0 bridgehead atoms. The Labute approximate surface area is 349 Å². The monoisotopic (exact) mass is 765 g/mol. The molecule has 1 heterocycles. The van der Waals surface area contributed by atoms with E-state index in [1.165, 1.54) is 49.7 Å². The van der Waals surface area contributed by atoms with E-state index in [9.17, 15) is 0 Å². The molecule has 0 fully saturated rings. The summed E-state index contributed by atoms with van der Waals surface area (Å²) in [6, 6.07) is 84.9. The maximum absolute atomic E-state index is 6.43. The number of benzene rings is 10. The van der Waals surface area contributed by atoms with Gasteiger partial charge in [0.2, 0.25) is 0 Å². The van der Waals surface area contributed by atoms with E-state index in [0.29, 0.717) is 0 Å². The van der Waals surface area contributed by atoms with E-state index in [-0.39, 0.29) is 0 Å². The highest BCUT2D eigenvalue weighted by molar-refractivity contribution is 6.09. The third-order valence-electron chi connectivity index (χ3n) is 11.7. The minimum atomic E-state index is 0.904. The topological polar surface area (TPSA) is 16.4 Å². The highest BCUT2D eigenvalue weighted by Crippen LogP contribution is 2.41. The van der Waals surface area contributed by atoms with E-state index in [1.54, 1.807) is 0 Å². The number of nitrogens with zero attached hydrogens (tertiary/aromatic N) is 1. The Kier molecular flexibility index (Phi) is 8.87. The van der Waals surface area contributed by atoms with Crippen LogP contribution in [-0.4, -0.2) is 0 Å². The number of fused-ring (bicyclic) bond motifs is 4. The summed E-state index contributed by atoms with van der Waals surface area (Å²) in [4.78, 5) is 2.34. The molecule has 0 unspecified atom stereocenters. The second-order valence-electron chi connectivity index (χ2n) is 15.3. The van der Waals surface area contributed by atoms with Crippen LogP contribution in [0.1, 0.15) is 0 Å². The maximum Gasteiger partial charge on any atom is 0.143 e. The van der Waals surface area contributed by atoms with Crippen LogP contribution < -0.4 is 4.90 Å². The number of hydrogen-bond donors (Lipinski definition) is 0. The zero-order chi connectivity index (χ0) is 39.8. The van der Waals surface area contributed by atoms with Gasteiger partial charge in [-0.3, -0.25) is 0 Å². The van der Waals surface area contributed by atoms with E-state index >= 15 is 0 Å². The molecule has 11 aromatic rings. The van der Waals surface area contributed by atoms with Crippen molar-refractivity contribution < 1.29 is 4.42 Å². The summed E-state index contributed by atoms with van der Waals surface area (Å²) in [5.41, 5.74) is 16.7. The predicted octanol–water partition coefficient (Wildman–Crippen LogP) is 16.5. The zero-order valence-corrected chi connectivity index (χ0v) is 32.9. The van der Waals surface area contributed by atoms with Crippen molar-refractivity contribution in [3.8, 4) is 55.6 Å². The molecule has 60 heavy (non-hydrogen) atoms. The van der Waals surface area contributed by atoms with E-state index in [1.807, 2.05) is 12.1 Å². The number of furan rings is 1. The molecule has 282 valence electrons. The average molecular weight is 766 g/mol. The Morgan fingerprint density at radius 3 is 1.32 bits per heavy atom. The first kappa shape index (κ1) is 35.2. The molecule has 0 saturated carbocycles. The molecule has 11 rings (SSSR count). The lowest BCUT2D eigenvalue weighted by Crippen LogP contribution is -2.09. The van der Waals surface area contributed by atoms with Gasteiger partial charge in [0.25, 0.3) is 0 Å². The fourth-order valence-corrected chi connectivity index (χ4v) is 8.58. The molecule has 0 aliphatic heterocycles. The van der Waals surface area contributed by atoms with Crippen LogP contribution in [0.2, 0.25) is 0 Å². The van der Waals surface area contributed by atoms with Crippen molar-refractivity contribution >= 4 is 49.8 Å². The summed E-state index contributed by atoms with van der Waals surface area (Å²) in [5.74, 6) is 0. The molecule has 0 spiro atoms. The van der Waals surface area contributed by atoms with Crippen LogP contribution in [0.4, 0.5) is 17.1 Å². The van der Waals surface area contributed by atoms with E-state index in [2.05, 4.69) is 229 Å². The lowest BCUT2D eigenvalue weighted by atomic mass is 9.93. The summed E-state index contributed by atoms with van der Waals surface area (Å²) in [7, 11) is 0. The van der Waals surface area contributed by atoms with Crippen LogP contribution in [0, 0.1) is 0 Å². The van der Waals surface area contributed by atoms with Gasteiger partial charge in [-0.1, -0.05) is 170 Å². The van der Waals surface area contributed by atoms with Crippen molar-refractivity contribution in [1.82, 2.24) is 0 Å². The molecule has 2 heteroatoms. The van der Waals surface area contributed by atoms with Crippen molar-refractivity contribution in [2.75, 3.05) is 4.90 Å². The summed E-state index contributed by atoms with van der Waals surface area (Å²) < 4.78 is 6.43. The van der Waals surface area contributed by atoms with E-state index in [4.69, 9.17) is 4.42 Å². The molecule has 0 aliphatic rings. The third-order valence-corrected chi connectivity index (χ3v) is 11.7. The summed E-state index contributed by atoms with van der Waals surface area (Å²) in [6.45, 7) is 0. The van der Waals surface area contributed by atoms with Gasteiger partial charge in [-0.2, -0.15) is 0 Å². The second kappa shape index (κ2) is 15.1. The molecular weight excluding hydrogens is 727 g/mol. The first-order valence-corrected chi connectivity index (χ1v) is 20.5. The van der Waals surface area contributed by atoms with Crippen molar-refractivity contribution in [3.63, 3.8) is 0 Å². The Balaban J connectivity index is 0.989. The highest BCUT2D eigenvalue weighted by Gasteiger charge is 2.17. The van der Waals surface area contributed by atoms with Crippen LogP contribution >= 0.6 is 0 Å². The smallest absolute Gasteiger partial charge is 0.143 e. The molecule has 0 saturated heterocycles. The Morgan fingerprint density at radius 2 is 0.717 bits per heavy atom. The highest BCUT2D eigenvalue weighted by atomic mass is 16.3. The van der Waals surface area contributed by atoms with Crippen LogP contribution in [-0.2, 0) is 0 Å². The SMILES string of the molecule is c1ccc(-c2cc(-c3ccccc3)cc(-c3ccc(N(c4ccc(-c5ccc6ccccc6c5)cc4)c4ccc(-c5cccc6c5oc5ccccc56)cc4)cc3)c2)cc1. The van der Waals surface area contributed by atoms with Crippen molar-refractivity contribution in [2.45, 2.75) is 0 Å². The van der Waals surface area contributed by atoms with Crippen LogP contribution in [0.25, 0.3) is 88.3 Å². The molecule has 0 atom stereocenters. The van der Waals surface area contributed by atoms with Gasteiger partial charge in [-0.15, -0.1) is 0 Å². The number of rotatable bonds is 8. The molecule has 0 N–H and O–H groups in total. The normalized spacial score (nSPS) is 11.3. The minimum Gasteiger partial charge on any atom is -0.455 e. The zero-order valence-electron chi connectivity index (χ0n) is 32.9. The van der Waals surface area contributed by atoms with Crippen molar-refractivity contribution in [3.05, 3.63) is 237 Å². The molecule has 10 aromatic carbocycles. The summed E-state index contributed by atoms with van der Waals surface area (Å²) >= 11 is 0. The van der Waals surface area contributed by atoms with Gasteiger partial charge in [-0.25, -0.2) is 0 Å². The number of para-hydroxylation sites is 2. The lowest BCUT2D eigenvalue weighted by Gasteiger charge is -2.26. The Bertz CT molecular complexity index is 3220. The van der Waals surface area contributed by atoms with Gasteiger partial charge >= 0.3 is 0 Å².